The number of aromatic nitrogens is 1. The van der Waals surface area contributed by atoms with Gasteiger partial charge in [-0.3, -0.25) is 4.79 Å². The summed E-state index contributed by atoms with van der Waals surface area (Å²) < 4.78 is 37.9. The van der Waals surface area contributed by atoms with Gasteiger partial charge in [0.25, 0.3) is 0 Å². The Bertz CT molecular complexity index is 828. The fourth-order valence-corrected chi connectivity index (χ4v) is 3.49. The predicted molar refractivity (Wildman–Crippen MR) is 93.5 cm³/mol. The fraction of sp³-hybridized carbons (Fsp3) is 0.353. The minimum absolute atomic E-state index is 0.223. The van der Waals surface area contributed by atoms with Gasteiger partial charge in [-0.25, -0.2) is 9.78 Å². The summed E-state index contributed by atoms with van der Waals surface area (Å²) in [5, 5.41) is 12.1. The zero-order valence-corrected chi connectivity index (χ0v) is 14.8. The first-order valence-corrected chi connectivity index (χ1v) is 9.04. The highest BCUT2D eigenvalue weighted by Gasteiger charge is 2.34. The van der Waals surface area contributed by atoms with Gasteiger partial charge in [-0.1, -0.05) is 12.1 Å². The number of amides is 2. The summed E-state index contributed by atoms with van der Waals surface area (Å²) in [7, 11) is 0. The molecule has 0 atom stereocenters. The number of nitrogens with zero attached hydrogens (tertiary/aromatic N) is 2. The summed E-state index contributed by atoms with van der Waals surface area (Å²) in [6.45, 7) is 0.722. The molecule has 2 aromatic rings. The van der Waals surface area contributed by atoms with E-state index in [1.165, 1.54) is 5.38 Å². The molecule has 1 fully saturated rings. The van der Waals surface area contributed by atoms with Crippen molar-refractivity contribution in [2.24, 2.45) is 5.92 Å². The first-order chi connectivity index (χ1) is 12.7. The monoisotopic (exact) mass is 399 g/mol. The highest BCUT2D eigenvalue weighted by Crippen LogP contribution is 2.34. The summed E-state index contributed by atoms with van der Waals surface area (Å²) >= 11 is 0.533. The van der Waals surface area contributed by atoms with Crippen LogP contribution in [0.1, 0.15) is 17.8 Å². The number of carbonyl (C=O) groups is 2. The number of hydrogen-bond donors (Lipinski definition) is 2. The van der Waals surface area contributed by atoms with Crippen LogP contribution in [-0.2, 0) is 11.0 Å². The molecule has 0 saturated carbocycles. The number of thiazole rings is 1. The summed E-state index contributed by atoms with van der Waals surface area (Å²) in [6, 6.07) is 6.01. The molecule has 2 amide bonds. The van der Waals surface area contributed by atoms with E-state index < -0.39 is 23.1 Å². The number of urea groups is 1. The number of nitrogens with one attached hydrogen (secondary N) is 1. The van der Waals surface area contributed by atoms with Crippen LogP contribution in [0.4, 0.5) is 23.7 Å². The molecular formula is C17H16F3N3O3S. The quantitative estimate of drug-likeness (QED) is 0.812. The SMILES string of the molecule is O=C(O)C1CCN(C(=O)Nc2ccc(-c3csc(C(F)(F)F)n3)cc2)CC1. The molecule has 10 heteroatoms. The Labute approximate surface area is 156 Å². The summed E-state index contributed by atoms with van der Waals surface area (Å²) in [4.78, 5) is 28.3. The van der Waals surface area contributed by atoms with E-state index in [4.69, 9.17) is 5.11 Å². The van der Waals surface area contributed by atoms with Gasteiger partial charge in [0.2, 0.25) is 0 Å². The molecule has 2 N–H and O–H groups in total. The van der Waals surface area contributed by atoms with E-state index in [1.54, 1.807) is 29.2 Å². The van der Waals surface area contributed by atoms with Crippen LogP contribution in [0.5, 0.6) is 0 Å². The third kappa shape index (κ3) is 4.57. The molecule has 6 nitrogen and oxygen atoms in total. The molecule has 1 aromatic carbocycles. The predicted octanol–water partition coefficient (Wildman–Crippen LogP) is 4.16. The van der Waals surface area contributed by atoms with Crippen LogP contribution in [0.25, 0.3) is 11.3 Å². The average molecular weight is 399 g/mol. The number of carbonyl (C=O) groups excluding carboxylic acids is 1. The first kappa shape index (κ1) is 19.2. The van der Waals surface area contributed by atoms with Crippen LogP contribution in [0, 0.1) is 5.92 Å². The lowest BCUT2D eigenvalue weighted by Gasteiger charge is -2.30. The maximum absolute atomic E-state index is 12.6. The van der Waals surface area contributed by atoms with Crippen molar-refractivity contribution in [3.05, 3.63) is 34.7 Å². The molecule has 1 aliphatic rings. The number of anilines is 1. The molecule has 3 rings (SSSR count). The Morgan fingerprint density at radius 2 is 1.81 bits per heavy atom. The zero-order chi connectivity index (χ0) is 19.6. The molecule has 1 aliphatic heterocycles. The molecule has 1 aromatic heterocycles. The van der Waals surface area contributed by atoms with Crippen molar-refractivity contribution in [2.75, 3.05) is 18.4 Å². The van der Waals surface area contributed by atoms with E-state index in [2.05, 4.69) is 10.3 Å². The van der Waals surface area contributed by atoms with Gasteiger partial charge in [0, 0.05) is 29.7 Å². The standard InChI is InChI=1S/C17H16F3N3O3S/c18-17(19,20)15-22-13(9-27-15)10-1-3-12(4-2-10)21-16(26)23-7-5-11(6-8-23)14(24)25/h1-4,9,11H,5-8H2,(H,21,26)(H,24,25). The van der Waals surface area contributed by atoms with Crippen LogP contribution in [-0.4, -0.2) is 40.1 Å². The van der Waals surface area contributed by atoms with Crippen molar-refractivity contribution in [3.63, 3.8) is 0 Å². The van der Waals surface area contributed by atoms with Crippen LogP contribution >= 0.6 is 11.3 Å². The second kappa shape index (κ2) is 7.55. The Morgan fingerprint density at radius 3 is 2.33 bits per heavy atom. The highest BCUT2D eigenvalue weighted by atomic mass is 32.1. The highest BCUT2D eigenvalue weighted by molar-refractivity contribution is 7.10. The minimum Gasteiger partial charge on any atom is -0.481 e. The number of carboxylic acid groups (broad SMARTS) is 1. The number of hydrogen-bond acceptors (Lipinski definition) is 4. The summed E-state index contributed by atoms with van der Waals surface area (Å²) in [5.74, 6) is -1.27. The Morgan fingerprint density at radius 1 is 1.19 bits per heavy atom. The molecule has 0 bridgehead atoms. The van der Waals surface area contributed by atoms with Gasteiger partial charge in [-0.15, -0.1) is 11.3 Å². The second-order valence-corrected chi connectivity index (χ2v) is 7.00. The van der Waals surface area contributed by atoms with E-state index >= 15 is 0 Å². The average Bonchev–Trinajstić information content (AvgIpc) is 3.13. The lowest BCUT2D eigenvalue weighted by Crippen LogP contribution is -2.42. The third-order valence-electron chi connectivity index (χ3n) is 4.31. The fourth-order valence-electron chi connectivity index (χ4n) is 2.79. The van der Waals surface area contributed by atoms with E-state index in [0.717, 1.165) is 0 Å². The maximum Gasteiger partial charge on any atom is 0.443 e. The molecule has 0 unspecified atom stereocenters. The van der Waals surface area contributed by atoms with Crippen LogP contribution in [0.2, 0.25) is 0 Å². The lowest BCUT2D eigenvalue weighted by molar-refractivity contribution is -0.143. The third-order valence-corrected chi connectivity index (χ3v) is 5.20. The number of carboxylic acids is 1. The Kier molecular flexibility index (Phi) is 5.36. The van der Waals surface area contributed by atoms with E-state index in [9.17, 15) is 22.8 Å². The molecule has 0 spiro atoms. The van der Waals surface area contributed by atoms with Gasteiger partial charge in [-0.2, -0.15) is 13.2 Å². The van der Waals surface area contributed by atoms with Gasteiger partial charge < -0.3 is 15.3 Å². The van der Waals surface area contributed by atoms with E-state index in [0.29, 0.717) is 48.5 Å². The number of rotatable bonds is 3. The van der Waals surface area contributed by atoms with Gasteiger partial charge in [0.15, 0.2) is 5.01 Å². The number of likely N-dealkylation sites (tertiary alicyclic amines) is 1. The van der Waals surface area contributed by atoms with Crippen molar-refractivity contribution < 1.29 is 27.9 Å². The van der Waals surface area contributed by atoms with Crippen LogP contribution < -0.4 is 5.32 Å². The molecule has 0 radical (unpaired) electrons. The lowest BCUT2D eigenvalue weighted by atomic mass is 9.97. The van der Waals surface area contributed by atoms with E-state index in [-0.39, 0.29) is 11.7 Å². The van der Waals surface area contributed by atoms with Gasteiger partial charge in [0.05, 0.1) is 11.6 Å². The summed E-state index contributed by atoms with van der Waals surface area (Å²) in [5.41, 5.74) is 1.23. The van der Waals surface area contributed by atoms with Crippen LogP contribution in [0.3, 0.4) is 0 Å². The molecular weight excluding hydrogens is 383 g/mol. The minimum atomic E-state index is -4.47. The normalized spacial score (nSPS) is 15.6. The number of aliphatic carboxylic acids is 1. The smallest absolute Gasteiger partial charge is 0.443 e. The second-order valence-electron chi connectivity index (χ2n) is 6.14. The van der Waals surface area contributed by atoms with Crippen LogP contribution in [0.15, 0.2) is 29.6 Å². The number of benzene rings is 1. The molecule has 144 valence electrons. The van der Waals surface area contributed by atoms with Crippen molar-refractivity contribution in [1.82, 2.24) is 9.88 Å². The number of alkyl halides is 3. The Hall–Kier alpha value is -2.62. The van der Waals surface area contributed by atoms with Gasteiger partial charge in [-0.05, 0) is 25.0 Å². The molecule has 27 heavy (non-hydrogen) atoms. The maximum atomic E-state index is 12.6. The first-order valence-electron chi connectivity index (χ1n) is 8.16. The summed E-state index contributed by atoms with van der Waals surface area (Å²) in [6.07, 6.45) is -3.65. The zero-order valence-electron chi connectivity index (χ0n) is 14.0. The number of halogens is 3. The van der Waals surface area contributed by atoms with Crippen molar-refractivity contribution in [2.45, 2.75) is 19.0 Å². The largest absolute Gasteiger partial charge is 0.481 e. The van der Waals surface area contributed by atoms with E-state index in [1.807, 2.05) is 0 Å². The van der Waals surface area contributed by atoms with Gasteiger partial charge >= 0.3 is 18.2 Å². The van der Waals surface area contributed by atoms with Crippen molar-refractivity contribution in [1.29, 1.82) is 0 Å². The number of piperidine rings is 1. The molecule has 1 saturated heterocycles. The van der Waals surface area contributed by atoms with Crippen molar-refractivity contribution >= 4 is 29.0 Å². The topological polar surface area (TPSA) is 82.5 Å². The molecule has 0 aliphatic carbocycles. The van der Waals surface area contributed by atoms with Crippen molar-refractivity contribution in [3.8, 4) is 11.3 Å². The molecule has 2 heterocycles. The Balaban J connectivity index is 1.60. The van der Waals surface area contributed by atoms with Gasteiger partial charge in [0.1, 0.15) is 0 Å².